The molecule has 100 heavy (non-hydrogen) atoms. The second-order valence-electron chi connectivity index (χ2n) is 24.0. The Bertz CT molecular complexity index is 6250. The number of para-hydroxylation sites is 1. The number of fused-ring (bicyclic) bond motifs is 10. The van der Waals surface area contributed by atoms with Gasteiger partial charge in [-0.2, -0.15) is 0 Å². The maximum Gasteiger partial charge on any atom is 0.164 e. The van der Waals surface area contributed by atoms with Crippen molar-refractivity contribution >= 4 is 121 Å². The van der Waals surface area contributed by atoms with Gasteiger partial charge in [-0.1, -0.05) is 244 Å². The molecule has 0 bridgehead atoms. The molecule has 0 saturated heterocycles. The topological polar surface area (TPSA) is 140 Å². The number of rotatable bonds is 17. The van der Waals surface area contributed by atoms with Crippen LogP contribution in [0.5, 0.6) is 0 Å². The van der Waals surface area contributed by atoms with E-state index in [1.807, 2.05) is 140 Å². The fourth-order valence-corrected chi connectivity index (χ4v) is 15.3. The lowest BCUT2D eigenvalue weighted by Crippen LogP contribution is -1.98. The summed E-state index contributed by atoms with van der Waals surface area (Å²) < 4.78 is 17.4. The summed E-state index contributed by atoms with van der Waals surface area (Å²) >= 11 is 3.22. The van der Waals surface area contributed by atoms with E-state index in [1.165, 1.54) is 11.3 Å². The van der Waals surface area contributed by atoms with Gasteiger partial charge in [0.25, 0.3) is 0 Å². The lowest BCUT2D eigenvalue weighted by molar-refractivity contribution is 0.669. The largest absolute Gasteiger partial charge is 0.455 e. The minimum Gasteiger partial charge on any atom is -0.455 e. The van der Waals surface area contributed by atoms with Gasteiger partial charge >= 0.3 is 0 Å². The van der Waals surface area contributed by atoms with Crippen LogP contribution < -0.4 is 0 Å². The summed E-state index contributed by atoms with van der Waals surface area (Å²) in [6, 6.07) is 82.4. The van der Waals surface area contributed by atoms with Gasteiger partial charge in [-0.3, -0.25) is 10.4 Å². The van der Waals surface area contributed by atoms with E-state index in [9.17, 15) is 5.41 Å². The number of aromatic nitrogens is 6. The van der Waals surface area contributed by atoms with Gasteiger partial charge in [0.1, 0.15) is 22.3 Å². The third-order valence-electron chi connectivity index (χ3n) is 17.8. The highest BCUT2D eigenvalue weighted by molar-refractivity contribution is 7.26. The molecule has 7 aromatic heterocycles. The standard InChI is InChI=1S/C88H56N8O2S2/c1-4-6-8-18-40-68-84-81(63-36-20-22-43-76(63)99-84)96-86(91-68)65-38-25-41-73-77(65)64-37-24-39-66(82(64)97-73)87-92-71(57-31-16-11-17-32-57)51-72(95-87)59-34-23-33-58(49-59)60-46-47-67(88-93-69(55-27-12-9-13-28-55)50-70(94-88)56-29-14-10-15-30-56)83-78(60)61-45-44-54(48-74(61)98-83)52-90-80-62-35-19-21-42-75(62)100-85(80)79(89)53(3)26-7-5-2/h4-52,89H,1-3H2/b8-6-,26-7-,40-18+,89-79?,90-52+. The first-order valence-electron chi connectivity index (χ1n) is 32.6. The first-order valence-corrected chi connectivity index (χ1v) is 34.2. The van der Waals surface area contributed by atoms with E-state index >= 15 is 0 Å². The maximum absolute atomic E-state index is 9.23. The Hall–Kier alpha value is -13.0. The number of thiophene rings is 2. The molecule has 0 aliphatic carbocycles. The van der Waals surface area contributed by atoms with E-state index in [0.717, 1.165) is 141 Å². The van der Waals surface area contributed by atoms with Crippen LogP contribution in [0.25, 0.3) is 171 Å². The van der Waals surface area contributed by atoms with Gasteiger partial charge in [0, 0.05) is 75.7 Å². The van der Waals surface area contributed by atoms with Crippen LogP contribution in [-0.2, 0) is 0 Å². The second-order valence-corrected chi connectivity index (χ2v) is 26.1. The number of nitrogens with one attached hydrogen (secondary N) is 1. The first kappa shape index (κ1) is 60.7. The predicted octanol–water partition coefficient (Wildman–Crippen LogP) is 23.9. The molecule has 0 fully saturated rings. The normalized spacial score (nSPS) is 12.0. The van der Waals surface area contributed by atoms with Crippen molar-refractivity contribution in [3.63, 3.8) is 0 Å². The van der Waals surface area contributed by atoms with Gasteiger partial charge in [0.2, 0.25) is 0 Å². The number of benzene rings is 10. The van der Waals surface area contributed by atoms with Gasteiger partial charge in [-0.05, 0) is 89.0 Å². The fourth-order valence-electron chi connectivity index (χ4n) is 13.0. The van der Waals surface area contributed by atoms with Crippen LogP contribution in [0.3, 0.4) is 0 Å². The zero-order valence-corrected chi connectivity index (χ0v) is 55.3. The molecule has 0 atom stereocenters. The molecule has 12 heteroatoms. The van der Waals surface area contributed by atoms with Crippen LogP contribution in [-0.4, -0.2) is 41.8 Å². The Morgan fingerprint density at radius 3 is 1.68 bits per heavy atom. The van der Waals surface area contributed by atoms with Crippen LogP contribution in [0.15, 0.2) is 324 Å². The molecule has 7 heterocycles. The molecule has 0 radical (unpaired) electrons. The van der Waals surface area contributed by atoms with E-state index in [1.54, 1.807) is 35.6 Å². The maximum atomic E-state index is 9.23. The zero-order valence-electron chi connectivity index (χ0n) is 53.7. The van der Waals surface area contributed by atoms with E-state index in [2.05, 4.69) is 153 Å². The van der Waals surface area contributed by atoms with Crippen molar-refractivity contribution in [2.45, 2.75) is 0 Å². The van der Waals surface area contributed by atoms with Gasteiger partial charge in [-0.15, -0.1) is 22.7 Å². The summed E-state index contributed by atoms with van der Waals surface area (Å²) in [6.07, 6.45) is 16.7. The molecule has 1 N–H and O–H groups in total. The second kappa shape index (κ2) is 25.9. The number of allylic oxidation sites excluding steroid dienone is 8. The molecule has 17 aromatic rings. The van der Waals surface area contributed by atoms with E-state index < -0.39 is 0 Å². The molecule has 0 saturated carbocycles. The summed E-state index contributed by atoms with van der Waals surface area (Å²) in [5.74, 6) is 1.61. The highest BCUT2D eigenvalue weighted by Gasteiger charge is 2.25. The minimum absolute atomic E-state index is 0.300. The van der Waals surface area contributed by atoms with Crippen LogP contribution >= 0.6 is 22.7 Å². The third-order valence-corrected chi connectivity index (χ3v) is 20.1. The van der Waals surface area contributed by atoms with Crippen molar-refractivity contribution in [2.24, 2.45) is 4.99 Å². The van der Waals surface area contributed by atoms with Crippen LogP contribution in [0, 0.1) is 5.41 Å². The number of hydrogen-bond acceptors (Lipinski definition) is 12. The Balaban J connectivity index is 0.815. The Kier molecular flexibility index (Phi) is 15.7. The average molecular weight is 1320 g/mol. The van der Waals surface area contributed by atoms with Gasteiger partial charge in [-0.25, -0.2) is 29.9 Å². The minimum atomic E-state index is 0.300. The Labute approximate surface area is 582 Å². The van der Waals surface area contributed by atoms with Crippen molar-refractivity contribution < 1.29 is 8.83 Å². The molecule has 0 aliphatic heterocycles. The average Bonchev–Trinajstić information content (AvgIpc) is 1.55. The molecule has 10 nitrogen and oxygen atoms in total. The molecule has 0 amide bonds. The van der Waals surface area contributed by atoms with Crippen molar-refractivity contribution in [2.75, 3.05) is 0 Å². The Morgan fingerprint density at radius 1 is 0.420 bits per heavy atom. The van der Waals surface area contributed by atoms with Gasteiger partial charge < -0.3 is 8.83 Å². The number of nitrogens with zero attached hydrogens (tertiary/aromatic N) is 7. The quantitative estimate of drug-likeness (QED) is 0.0702. The number of hydrogen-bond donors (Lipinski definition) is 1. The first-order chi connectivity index (χ1) is 49.3. The predicted molar refractivity (Wildman–Crippen MR) is 417 cm³/mol. The fraction of sp³-hybridized carbons (Fsp3) is 0. The number of aliphatic imine (C=N–C) groups is 1. The SMILES string of the molecule is C=C/C=C\C=C\c1nc(-c2cccc3oc4c(-c5nc(-c6ccccc6)cc(-c6cccc(-c7ccc(-c8nc(-c9ccccc9)cc(-c9ccccc9)n8)c8oc9cc(/C=N/c%10c(C(=N)C(=C)/C=C\C=C)sc%11ccccc%10%11)ccc9c78)c6)n5)cccc4c23)nc2c1sc1ccccc12. The summed E-state index contributed by atoms with van der Waals surface area (Å²) in [7, 11) is 0. The molecule has 472 valence electrons. The summed E-state index contributed by atoms with van der Waals surface area (Å²) in [4.78, 5) is 38.0. The lowest BCUT2D eigenvalue weighted by atomic mass is 9.94. The third kappa shape index (κ3) is 11.1. The van der Waals surface area contributed by atoms with Crippen LogP contribution in [0.4, 0.5) is 5.69 Å². The lowest BCUT2D eigenvalue weighted by Gasteiger charge is -2.13. The molecule has 0 unspecified atom stereocenters. The Morgan fingerprint density at radius 2 is 0.980 bits per heavy atom. The zero-order chi connectivity index (χ0) is 67.2. The van der Waals surface area contributed by atoms with Gasteiger partial charge in [0.15, 0.2) is 17.5 Å². The smallest absolute Gasteiger partial charge is 0.164 e. The van der Waals surface area contributed by atoms with Gasteiger partial charge in [0.05, 0.1) is 66.1 Å². The summed E-state index contributed by atoms with van der Waals surface area (Å²) in [5, 5.41) is 14.8. The van der Waals surface area contributed by atoms with Crippen molar-refractivity contribution in [1.29, 1.82) is 5.41 Å². The molecule has 17 rings (SSSR count). The number of furan rings is 2. The van der Waals surface area contributed by atoms with E-state index in [4.69, 9.17) is 43.7 Å². The van der Waals surface area contributed by atoms with E-state index in [-0.39, 0.29) is 0 Å². The van der Waals surface area contributed by atoms with E-state index in [0.29, 0.717) is 56.8 Å². The van der Waals surface area contributed by atoms with Crippen molar-refractivity contribution in [1.82, 2.24) is 29.9 Å². The molecule has 0 aliphatic rings. The summed E-state index contributed by atoms with van der Waals surface area (Å²) in [6.45, 7) is 11.9. The monoisotopic (exact) mass is 1320 g/mol. The van der Waals surface area contributed by atoms with Crippen LogP contribution in [0.2, 0.25) is 0 Å². The molecule has 0 spiro atoms. The van der Waals surface area contributed by atoms with Crippen molar-refractivity contribution in [3.05, 3.63) is 327 Å². The highest BCUT2D eigenvalue weighted by Crippen LogP contribution is 2.46. The highest BCUT2D eigenvalue weighted by atomic mass is 32.1. The molecular formula is C88H56N8O2S2. The van der Waals surface area contributed by atoms with Crippen molar-refractivity contribution in [3.8, 4) is 90.3 Å². The summed E-state index contributed by atoms with van der Waals surface area (Å²) in [5.41, 5.74) is 17.7. The molecular weight excluding hydrogens is 1270 g/mol. The van der Waals surface area contributed by atoms with Crippen LogP contribution in [0.1, 0.15) is 16.1 Å². The molecule has 10 aromatic carbocycles.